The van der Waals surface area contributed by atoms with Crippen molar-refractivity contribution in [2.75, 3.05) is 46.3 Å². The van der Waals surface area contributed by atoms with E-state index in [1.807, 2.05) is 4.90 Å². The van der Waals surface area contributed by atoms with Crippen LogP contribution in [0, 0.1) is 11.8 Å². The Morgan fingerprint density at radius 1 is 1.20 bits per heavy atom. The Balaban J connectivity index is 1.90. The number of amides is 1. The first kappa shape index (κ1) is 10.9. The molecule has 0 aromatic heterocycles. The van der Waals surface area contributed by atoms with Crippen LogP contribution in [0.15, 0.2) is 0 Å². The lowest BCUT2D eigenvalue weighted by atomic mass is 9.96. The molecule has 2 atom stereocenters. The summed E-state index contributed by atoms with van der Waals surface area (Å²) in [6, 6.07) is 0. The van der Waals surface area contributed by atoms with Crippen LogP contribution in [-0.2, 0) is 4.79 Å². The number of carbonyl (C=O) groups excluding carboxylic acids is 1. The SMILES string of the molecule is CC1CNCC1C(=O)N1CCN(C)CC1. The molecule has 4 heteroatoms. The second-order valence-corrected chi connectivity index (χ2v) is 4.87. The number of carbonyl (C=O) groups is 1. The smallest absolute Gasteiger partial charge is 0.227 e. The largest absolute Gasteiger partial charge is 0.340 e. The summed E-state index contributed by atoms with van der Waals surface area (Å²) in [5.74, 6) is 1.08. The van der Waals surface area contributed by atoms with Gasteiger partial charge in [0.25, 0.3) is 0 Å². The number of likely N-dealkylation sites (N-methyl/N-ethyl adjacent to an activating group) is 1. The Labute approximate surface area is 91.6 Å². The summed E-state index contributed by atoms with van der Waals surface area (Å²) in [5, 5.41) is 3.29. The zero-order valence-corrected chi connectivity index (χ0v) is 9.70. The lowest BCUT2D eigenvalue weighted by molar-refractivity contribution is -0.137. The summed E-state index contributed by atoms with van der Waals surface area (Å²) in [4.78, 5) is 16.5. The van der Waals surface area contributed by atoms with Gasteiger partial charge in [0.15, 0.2) is 0 Å². The molecule has 0 aromatic rings. The molecule has 2 unspecified atom stereocenters. The molecule has 2 fully saturated rings. The molecule has 86 valence electrons. The molecule has 1 amide bonds. The van der Waals surface area contributed by atoms with E-state index in [2.05, 4.69) is 24.2 Å². The summed E-state index contributed by atoms with van der Waals surface area (Å²) >= 11 is 0. The van der Waals surface area contributed by atoms with Crippen molar-refractivity contribution >= 4 is 5.91 Å². The summed E-state index contributed by atoms with van der Waals surface area (Å²) in [6.45, 7) is 7.85. The Morgan fingerprint density at radius 3 is 2.40 bits per heavy atom. The molecule has 15 heavy (non-hydrogen) atoms. The van der Waals surface area contributed by atoms with Gasteiger partial charge in [-0.15, -0.1) is 0 Å². The Kier molecular flexibility index (Phi) is 3.26. The number of hydrogen-bond acceptors (Lipinski definition) is 3. The van der Waals surface area contributed by atoms with E-state index >= 15 is 0 Å². The van der Waals surface area contributed by atoms with E-state index in [1.54, 1.807) is 0 Å². The molecule has 2 aliphatic heterocycles. The van der Waals surface area contributed by atoms with Crippen LogP contribution in [0.1, 0.15) is 6.92 Å². The molecule has 0 spiro atoms. The molecule has 0 saturated carbocycles. The van der Waals surface area contributed by atoms with E-state index < -0.39 is 0 Å². The summed E-state index contributed by atoms with van der Waals surface area (Å²) in [5.41, 5.74) is 0. The first-order valence-corrected chi connectivity index (χ1v) is 5.86. The third kappa shape index (κ3) is 2.32. The van der Waals surface area contributed by atoms with Gasteiger partial charge in [0.1, 0.15) is 0 Å². The van der Waals surface area contributed by atoms with Crippen molar-refractivity contribution < 1.29 is 4.79 Å². The maximum atomic E-state index is 12.2. The number of hydrogen-bond donors (Lipinski definition) is 1. The van der Waals surface area contributed by atoms with Crippen molar-refractivity contribution in [3.8, 4) is 0 Å². The van der Waals surface area contributed by atoms with Crippen LogP contribution in [0.4, 0.5) is 0 Å². The highest BCUT2D eigenvalue weighted by Crippen LogP contribution is 2.19. The van der Waals surface area contributed by atoms with E-state index in [-0.39, 0.29) is 5.92 Å². The second kappa shape index (κ2) is 4.49. The third-order valence-corrected chi connectivity index (χ3v) is 3.65. The van der Waals surface area contributed by atoms with Gasteiger partial charge in [0, 0.05) is 32.7 Å². The predicted octanol–water partition coefficient (Wildman–Crippen LogP) is -0.384. The zero-order chi connectivity index (χ0) is 10.8. The molecule has 2 aliphatic rings. The van der Waals surface area contributed by atoms with Crippen molar-refractivity contribution in [2.45, 2.75) is 6.92 Å². The van der Waals surface area contributed by atoms with E-state index in [9.17, 15) is 4.79 Å². The normalized spacial score (nSPS) is 33.3. The topological polar surface area (TPSA) is 35.6 Å². The van der Waals surface area contributed by atoms with Crippen molar-refractivity contribution in [3.63, 3.8) is 0 Å². The first-order valence-electron chi connectivity index (χ1n) is 5.86. The Hall–Kier alpha value is -0.610. The third-order valence-electron chi connectivity index (χ3n) is 3.65. The average Bonchev–Trinajstić information content (AvgIpc) is 2.65. The molecular weight excluding hydrogens is 190 g/mol. The summed E-state index contributed by atoms with van der Waals surface area (Å²) in [6.07, 6.45) is 0. The predicted molar refractivity (Wildman–Crippen MR) is 59.6 cm³/mol. The fourth-order valence-electron chi connectivity index (χ4n) is 2.40. The molecular formula is C11H21N3O. The van der Waals surface area contributed by atoms with Crippen molar-refractivity contribution in [1.82, 2.24) is 15.1 Å². The number of piperazine rings is 1. The quantitative estimate of drug-likeness (QED) is 0.642. The van der Waals surface area contributed by atoms with Gasteiger partial charge in [-0.25, -0.2) is 0 Å². The van der Waals surface area contributed by atoms with Crippen LogP contribution in [0.5, 0.6) is 0 Å². The summed E-state index contributed by atoms with van der Waals surface area (Å²) < 4.78 is 0. The van der Waals surface area contributed by atoms with Gasteiger partial charge in [-0.3, -0.25) is 4.79 Å². The lowest BCUT2D eigenvalue weighted by Crippen LogP contribution is -2.49. The van der Waals surface area contributed by atoms with Crippen molar-refractivity contribution in [3.05, 3.63) is 0 Å². The summed E-state index contributed by atoms with van der Waals surface area (Å²) in [7, 11) is 2.11. The van der Waals surface area contributed by atoms with Gasteiger partial charge >= 0.3 is 0 Å². The number of nitrogens with one attached hydrogen (secondary N) is 1. The molecule has 1 N–H and O–H groups in total. The fraction of sp³-hybridized carbons (Fsp3) is 0.909. The maximum absolute atomic E-state index is 12.2. The Morgan fingerprint density at radius 2 is 1.87 bits per heavy atom. The van der Waals surface area contributed by atoms with E-state index in [1.165, 1.54) is 0 Å². The molecule has 0 radical (unpaired) electrons. The highest BCUT2D eigenvalue weighted by molar-refractivity contribution is 5.79. The van der Waals surface area contributed by atoms with Crippen molar-refractivity contribution in [1.29, 1.82) is 0 Å². The molecule has 0 bridgehead atoms. The van der Waals surface area contributed by atoms with E-state index in [4.69, 9.17) is 0 Å². The molecule has 2 saturated heterocycles. The zero-order valence-electron chi connectivity index (χ0n) is 9.70. The minimum atomic E-state index is 0.216. The average molecular weight is 211 g/mol. The highest BCUT2D eigenvalue weighted by Gasteiger charge is 2.33. The van der Waals surface area contributed by atoms with Gasteiger partial charge in [-0.05, 0) is 19.5 Å². The van der Waals surface area contributed by atoms with Gasteiger partial charge in [0.2, 0.25) is 5.91 Å². The minimum Gasteiger partial charge on any atom is -0.340 e. The monoisotopic (exact) mass is 211 g/mol. The van der Waals surface area contributed by atoms with Crippen LogP contribution in [0.3, 0.4) is 0 Å². The van der Waals surface area contributed by atoms with Gasteiger partial charge in [-0.1, -0.05) is 6.92 Å². The number of rotatable bonds is 1. The number of nitrogens with zero attached hydrogens (tertiary/aromatic N) is 2. The van der Waals surface area contributed by atoms with Crippen LogP contribution in [0.2, 0.25) is 0 Å². The molecule has 0 aromatic carbocycles. The van der Waals surface area contributed by atoms with Crippen LogP contribution < -0.4 is 5.32 Å². The molecule has 2 rings (SSSR count). The fourth-order valence-corrected chi connectivity index (χ4v) is 2.40. The molecule has 2 heterocycles. The molecule has 4 nitrogen and oxygen atoms in total. The highest BCUT2D eigenvalue weighted by atomic mass is 16.2. The van der Waals surface area contributed by atoms with Crippen molar-refractivity contribution in [2.24, 2.45) is 11.8 Å². The van der Waals surface area contributed by atoms with Gasteiger partial charge in [-0.2, -0.15) is 0 Å². The first-order chi connectivity index (χ1) is 7.18. The lowest BCUT2D eigenvalue weighted by Gasteiger charge is -2.34. The van der Waals surface area contributed by atoms with Crippen LogP contribution >= 0.6 is 0 Å². The van der Waals surface area contributed by atoms with Gasteiger partial charge < -0.3 is 15.1 Å². The second-order valence-electron chi connectivity index (χ2n) is 4.87. The minimum absolute atomic E-state index is 0.216. The van der Waals surface area contributed by atoms with E-state index in [0.29, 0.717) is 11.8 Å². The van der Waals surface area contributed by atoms with E-state index in [0.717, 1.165) is 39.3 Å². The van der Waals surface area contributed by atoms with Crippen LogP contribution in [0.25, 0.3) is 0 Å². The Bertz CT molecular complexity index is 236. The standard InChI is InChI=1S/C11H21N3O/c1-9-7-12-8-10(9)11(15)14-5-3-13(2)4-6-14/h9-10,12H,3-8H2,1-2H3. The molecule has 0 aliphatic carbocycles. The maximum Gasteiger partial charge on any atom is 0.227 e. The van der Waals surface area contributed by atoms with Gasteiger partial charge in [0.05, 0.1) is 5.92 Å². The van der Waals surface area contributed by atoms with Crippen LogP contribution in [-0.4, -0.2) is 62.0 Å².